The van der Waals surface area contributed by atoms with Crippen LogP contribution in [0.25, 0.3) is 0 Å². The van der Waals surface area contributed by atoms with E-state index >= 15 is 0 Å². The molecule has 0 aromatic heterocycles. The van der Waals surface area contributed by atoms with Gasteiger partial charge in [0.05, 0.1) is 5.69 Å². The molecule has 3 N–H and O–H groups in total. The molecule has 0 fully saturated rings. The van der Waals surface area contributed by atoms with Gasteiger partial charge >= 0.3 is 5.97 Å². The predicted octanol–water partition coefficient (Wildman–Crippen LogP) is 2.01. The Balaban J connectivity index is 2.88. The van der Waals surface area contributed by atoms with Crippen LogP contribution in [-0.4, -0.2) is 23.0 Å². The highest BCUT2D eigenvalue weighted by atomic mass is 19.1. The fourth-order valence-corrected chi connectivity index (χ4v) is 1.64. The van der Waals surface area contributed by atoms with Gasteiger partial charge in [-0.15, -0.1) is 0 Å². The first-order valence-corrected chi connectivity index (χ1v) is 6.61. The van der Waals surface area contributed by atoms with E-state index in [4.69, 9.17) is 10.4 Å². The summed E-state index contributed by atoms with van der Waals surface area (Å²) in [6, 6.07) is 3.16. The van der Waals surface area contributed by atoms with Crippen LogP contribution in [0.15, 0.2) is 30.0 Å². The van der Waals surface area contributed by atoms with Crippen LogP contribution in [0, 0.1) is 28.9 Å². The number of nitrogens with zero attached hydrogens (tertiary/aromatic N) is 1. The first-order chi connectivity index (χ1) is 10.8. The minimum absolute atomic E-state index is 0.134. The molecule has 122 valence electrons. The zero-order valence-corrected chi connectivity index (χ0v) is 12.4. The zero-order valence-electron chi connectivity index (χ0n) is 12.4. The number of nitriles is 1. The van der Waals surface area contributed by atoms with Crippen LogP contribution in [0.1, 0.15) is 13.8 Å². The monoisotopic (exact) mass is 323 g/mol. The molecule has 1 aromatic rings. The van der Waals surface area contributed by atoms with Crippen molar-refractivity contribution in [2.24, 2.45) is 5.92 Å². The fourth-order valence-electron chi connectivity index (χ4n) is 1.64. The minimum atomic E-state index is -1.23. The summed E-state index contributed by atoms with van der Waals surface area (Å²) in [5.74, 6) is -4.20. The molecule has 0 aliphatic carbocycles. The predicted molar refractivity (Wildman–Crippen MR) is 78.1 cm³/mol. The van der Waals surface area contributed by atoms with Gasteiger partial charge in [0.1, 0.15) is 29.3 Å². The van der Waals surface area contributed by atoms with Crippen molar-refractivity contribution in [2.75, 3.05) is 5.32 Å². The lowest BCUT2D eigenvalue weighted by Gasteiger charge is -2.17. The van der Waals surface area contributed by atoms with Gasteiger partial charge in [0.25, 0.3) is 5.91 Å². The lowest BCUT2D eigenvalue weighted by atomic mass is 10.0. The molecular formula is C15H15F2N3O3. The third-order valence-electron chi connectivity index (χ3n) is 2.89. The second kappa shape index (κ2) is 7.89. The Morgan fingerprint density at radius 2 is 2.00 bits per heavy atom. The Kier molecular flexibility index (Phi) is 6.21. The van der Waals surface area contributed by atoms with Crippen LogP contribution < -0.4 is 10.6 Å². The van der Waals surface area contributed by atoms with Gasteiger partial charge < -0.3 is 15.7 Å². The molecule has 0 spiro atoms. The first kappa shape index (κ1) is 18.1. The maximum Gasteiger partial charge on any atom is 0.326 e. The van der Waals surface area contributed by atoms with Gasteiger partial charge in [-0.05, 0) is 18.1 Å². The molecule has 0 saturated heterocycles. The van der Waals surface area contributed by atoms with E-state index < -0.39 is 35.1 Å². The quantitative estimate of drug-likeness (QED) is 0.549. The highest BCUT2D eigenvalue weighted by Gasteiger charge is 2.24. The Morgan fingerprint density at radius 1 is 1.35 bits per heavy atom. The number of rotatable bonds is 6. The zero-order chi connectivity index (χ0) is 17.6. The molecule has 0 aliphatic heterocycles. The number of carbonyl (C=O) groups is 2. The number of nitrogens with one attached hydrogen (secondary N) is 2. The van der Waals surface area contributed by atoms with Gasteiger partial charge in [-0.2, -0.15) is 5.26 Å². The van der Waals surface area contributed by atoms with Crippen LogP contribution in [0.3, 0.4) is 0 Å². The molecular weight excluding hydrogens is 308 g/mol. The Labute approximate surface area is 131 Å². The summed E-state index contributed by atoms with van der Waals surface area (Å²) in [7, 11) is 0. The minimum Gasteiger partial charge on any atom is -0.480 e. The van der Waals surface area contributed by atoms with E-state index in [1.807, 2.05) is 0 Å². The van der Waals surface area contributed by atoms with Gasteiger partial charge in [-0.3, -0.25) is 4.79 Å². The van der Waals surface area contributed by atoms with Crippen molar-refractivity contribution in [3.8, 4) is 6.07 Å². The number of carbonyl (C=O) groups excluding carboxylic acids is 1. The van der Waals surface area contributed by atoms with Crippen molar-refractivity contribution >= 4 is 17.6 Å². The molecule has 0 aliphatic rings. The van der Waals surface area contributed by atoms with Crippen molar-refractivity contribution in [3.63, 3.8) is 0 Å². The second-order valence-corrected chi connectivity index (χ2v) is 4.97. The standard InChI is InChI=1S/C15H15F2N3O3/c1-8(2)13(15(22)23)20-14(21)9(6-18)7-19-12-4-3-10(16)5-11(12)17/h3-5,7-8,13,19H,1-2H3,(H,20,21)(H,22,23)/b9-7-. The number of halogens is 2. The highest BCUT2D eigenvalue weighted by molar-refractivity contribution is 5.99. The van der Waals surface area contributed by atoms with E-state index in [-0.39, 0.29) is 11.6 Å². The van der Waals surface area contributed by atoms with E-state index in [2.05, 4.69) is 10.6 Å². The van der Waals surface area contributed by atoms with E-state index in [1.54, 1.807) is 19.9 Å². The number of carboxylic acids is 1. The molecule has 0 radical (unpaired) electrons. The summed E-state index contributed by atoms with van der Waals surface area (Å²) >= 11 is 0. The Hall–Kier alpha value is -2.95. The summed E-state index contributed by atoms with van der Waals surface area (Å²) in [6.07, 6.45) is 0.922. The van der Waals surface area contributed by atoms with Crippen molar-refractivity contribution in [2.45, 2.75) is 19.9 Å². The van der Waals surface area contributed by atoms with Gasteiger partial charge in [-0.1, -0.05) is 13.8 Å². The van der Waals surface area contributed by atoms with Gasteiger partial charge in [0, 0.05) is 12.3 Å². The van der Waals surface area contributed by atoms with Crippen molar-refractivity contribution < 1.29 is 23.5 Å². The normalized spacial score (nSPS) is 12.4. The van der Waals surface area contributed by atoms with E-state index in [1.165, 1.54) is 0 Å². The van der Waals surface area contributed by atoms with Crippen molar-refractivity contribution in [3.05, 3.63) is 41.6 Å². The maximum absolute atomic E-state index is 13.4. The number of hydrogen-bond donors (Lipinski definition) is 3. The molecule has 1 unspecified atom stereocenters. The molecule has 1 rings (SSSR count). The SMILES string of the molecule is CC(C)C(NC(=O)/C(C#N)=C\Nc1ccc(F)cc1F)C(=O)O. The largest absolute Gasteiger partial charge is 0.480 e. The van der Waals surface area contributed by atoms with Crippen molar-refractivity contribution in [1.82, 2.24) is 5.32 Å². The molecule has 0 bridgehead atoms. The average Bonchev–Trinajstić information content (AvgIpc) is 2.46. The van der Waals surface area contributed by atoms with E-state index in [9.17, 15) is 18.4 Å². The number of carboxylic acid groups (broad SMARTS) is 1. The van der Waals surface area contributed by atoms with Gasteiger partial charge in [0.15, 0.2) is 0 Å². The lowest BCUT2D eigenvalue weighted by Crippen LogP contribution is -2.44. The van der Waals surface area contributed by atoms with E-state index in [0.717, 1.165) is 18.3 Å². The summed E-state index contributed by atoms with van der Waals surface area (Å²) in [6.45, 7) is 3.20. The van der Waals surface area contributed by atoms with Gasteiger partial charge in [-0.25, -0.2) is 13.6 Å². The molecule has 6 nitrogen and oxygen atoms in total. The summed E-state index contributed by atoms with van der Waals surface area (Å²) in [5, 5.41) is 22.5. The molecule has 0 saturated carbocycles. The summed E-state index contributed by atoms with van der Waals surface area (Å²) < 4.78 is 26.2. The van der Waals surface area contributed by atoms with E-state index in [0.29, 0.717) is 6.07 Å². The van der Waals surface area contributed by atoms with Crippen LogP contribution >= 0.6 is 0 Å². The lowest BCUT2D eigenvalue weighted by molar-refractivity contribution is -0.142. The van der Waals surface area contributed by atoms with Gasteiger partial charge in [0.2, 0.25) is 0 Å². The first-order valence-electron chi connectivity index (χ1n) is 6.61. The van der Waals surface area contributed by atoms with Crippen LogP contribution in [0.2, 0.25) is 0 Å². The number of amides is 1. The highest BCUT2D eigenvalue weighted by Crippen LogP contribution is 2.15. The second-order valence-electron chi connectivity index (χ2n) is 4.97. The molecule has 0 heterocycles. The Bertz CT molecular complexity index is 681. The van der Waals surface area contributed by atoms with Crippen LogP contribution in [0.5, 0.6) is 0 Å². The maximum atomic E-state index is 13.4. The molecule has 1 amide bonds. The van der Waals surface area contributed by atoms with Crippen LogP contribution in [0.4, 0.5) is 14.5 Å². The topological polar surface area (TPSA) is 102 Å². The third-order valence-corrected chi connectivity index (χ3v) is 2.89. The molecule has 1 atom stereocenters. The number of anilines is 1. The molecule has 23 heavy (non-hydrogen) atoms. The van der Waals surface area contributed by atoms with Crippen LogP contribution in [-0.2, 0) is 9.59 Å². The number of benzene rings is 1. The fraction of sp³-hybridized carbons (Fsp3) is 0.267. The molecule has 1 aromatic carbocycles. The summed E-state index contributed by atoms with van der Waals surface area (Å²) in [5.41, 5.74) is -0.578. The smallest absolute Gasteiger partial charge is 0.326 e. The van der Waals surface area contributed by atoms with Crippen molar-refractivity contribution in [1.29, 1.82) is 5.26 Å². The third kappa shape index (κ3) is 5.07. The molecule has 8 heteroatoms. The average molecular weight is 323 g/mol. The number of hydrogen-bond acceptors (Lipinski definition) is 4. The summed E-state index contributed by atoms with van der Waals surface area (Å²) in [4.78, 5) is 22.9. The Morgan fingerprint density at radius 3 is 2.48 bits per heavy atom. The number of aliphatic carboxylic acids is 1.